The molecule has 1 atom stereocenters. The summed E-state index contributed by atoms with van der Waals surface area (Å²) in [5, 5.41) is 0. The third-order valence-corrected chi connectivity index (χ3v) is 3.26. The minimum Gasteiger partial charge on any atom is -0.330 e. The van der Waals surface area contributed by atoms with Gasteiger partial charge >= 0.3 is 0 Å². The normalized spacial score (nSPS) is 21.6. The van der Waals surface area contributed by atoms with Gasteiger partial charge in [0.05, 0.1) is 0 Å². The Kier molecular flexibility index (Phi) is 5.16. The smallest absolute Gasteiger partial charge is 0.136 e. The summed E-state index contributed by atoms with van der Waals surface area (Å²) in [7, 11) is 0. The van der Waals surface area contributed by atoms with E-state index in [1.165, 1.54) is 25.7 Å². The second kappa shape index (κ2) is 6.18. The molecular formula is C12H23NO. The maximum atomic E-state index is 11.9. The fourth-order valence-corrected chi connectivity index (χ4v) is 2.19. The molecule has 2 N–H and O–H groups in total. The summed E-state index contributed by atoms with van der Waals surface area (Å²) in [5.74, 6) is 1.18. The lowest BCUT2D eigenvalue weighted by Gasteiger charge is -2.15. The van der Waals surface area contributed by atoms with Gasteiger partial charge in [-0.1, -0.05) is 32.6 Å². The van der Waals surface area contributed by atoms with Gasteiger partial charge in [0, 0.05) is 12.3 Å². The number of ketones is 1. The Morgan fingerprint density at radius 1 is 1.29 bits per heavy atom. The summed E-state index contributed by atoms with van der Waals surface area (Å²) >= 11 is 0. The Bertz CT molecular complexity index is 171. The molecule has 0 aromatic rings. The molecule has 1 aliphatic rings. The van der Waals surface area contributed by atoms with Crippen molar-refractivity contribution in [1.29, 1.82) is 0 Å². The molecule has 0 bridgehead atoms. The van der Waals surface area contributed by atoms with Gasteiger partial charge in [-0.15, -0.1) is 0 Å². The van der Waals surface area contributed by atoms with Crippen molar-refractivity contribution in [2.45, 2.75) is 51.9 Å². The van der Waals surface area contributed by atoms with E-state index in [9.17, 15) is 4.79 Å². The van der Waals surface area contributed by atoms with E-state index in [4.69, 9.17) is 5.73 Å². The highest BCUT2D eigenvalue weighted by Gasteiger charge is 2.20. The molecule has 82 valence electrons. The molecule has 1 aliphatic carbocycles. The third-order valence-electron chi connectivity index (χ3n) is 3.26. The second-order valence-corrected chi connectivity index (χ2v) is 4.70. The van der Waals surface area contributed by atoms with Gasteiger partial charge in [-0.05, 0) is 25.3 Å². The lowest BCUT2D eigenvalue weighted by atomic mass is 9.90. The van der Waals surface area contributed by atoms with Crippen molar-refractivity contribution < 1.29 is 4.79 Å². The van der Waals surface area contributed by atoms with Crippen LogP contribution in [0.2, 0.25) is 0 Å². The maximum Gasteiger partial charge on any atom is 0.136 e. The number of Topliss-reactive ketones (excluding diaryl/α,β-unsaturated/α-hetero) is 1. The van der Waals surface area contributed by atoms with Crippen LogP contribution in [-0.2, 0) is 4.79 Å². The van der Waals surface area contributed by atoms with Crippen LogP contribution in [-0.4, -0.2) is 12.3 Å². The monoisotopic (exact) mass is 197 g/mol. The Balaban J connectivity index is 2.34. The van der Waals surface area contributed by atoms with Crippen molar-refractivity contribution >= 4 is 5.78 Å². The van der Waals surface area contributed by atoms with Crippen molar-refractivity contribution in [3.63, 3.8) is 0 Å². The molecule has 0 aromatic heterocycles. The van der Waals surface area contributed by atoms with Crippen molar-refractivity contribution in [3.05, 3.63) is 0 Å². The quantitative estimate of drug-likeness (QED) is 0.704. The number of hydrogen-bond acceptors (Lipinski definition) is 2. The number of hydrogen-bond donors (Lipinski definition) is 1. The van der Waals surface area contributed by atoms with Crippen molar-refractivity contribution in [1.82, 2.24) is 0 Å². The van der Waals surface area contributed by atoms with Crippen molar-refractivity contribution in [2.75, 3.05) is 6.54 Å². The zero-order valence-electron chi connectivity index (χ0n) is 9.30. The molecule has 0 saturated heterocycles. The predicted molar refractivity (Wildman–Crippen MR) is 59.0 cm³/mol. The highest BCUT2D eigenvalue weighted by atomic mass is 16.1. The van der Waals surface area contributed by atoms with Crippen LogP contribution in [0.3, 0.4) is 0 Å². The van der Waals surface area contributed by atoms with Crippen LogP contribution in [0.5, 0.6) is 0 Å². The number of carbonyl (C=O) groups excluding carboxylic acids is 1. The van der Waals surface area contributed by atoms with Gasteiger partial charge in [0.2, 0.25) is 0 Å². The summed E-state index contributed by atoms with van der Waals surface area (Å²) in [6, 6.07) is 0. The van der Waals surface area contributed by atoms with E-state index in [1.54, 1.807) is 0 Å². The van der Waals surface area contributed by atoms with E-state index < -0.39 is 0 Å². The lowest BCUT2D eigenvalue weighted by molar-refractivity contribution is -0.124. The van der Waals surface area contributed by atoms with Gasteiger partial charge in [0.1, 0.15) is 5.78 Å². The van der Waals surface area contributed by atoms with E-state index in [1.807, 2.05) is 0 Å². The van der Waals surface area contributed by atoms with Crippen molar-refractivity contribution in [3.8, 4) is 0 Å². The first-order valence-electron chi connectivity index (χ1n) is 5.96. The number of carbonyl (C=O) groups is 1. The molecule has 0 spiro atoms. The molecule has 0 radical (unpaired) electrons. The molecule has 0 aromatic carbocycles. The van der Waals surface area contributed by atoms with E-state index in [-0.39, 0.29) is 0 Å². The van der Waals surface area contributed by atoms with Crippen LogP contribution < -0.4 is 5.73 Å². The standard InChI is InChI=1S/C12H23NO/c1-10(9-13)8-12(14)11-6-4-2-3-5-7-11/h10-11H,2-9,13H2,1H3. The second-order valence-electron chi connectivity index (χ2n) is 4.70. The van der Waals surface area contributed by atoms with E-state index in [0.29, 0.717) is 30.6 Å². The van der Waals surface area contributed by atoms with Crippen LogP contribution in [0.1, 0.15) is 51.9 Å². The number of nitrogens with two attached hydrogens (primary N) is 1. The summed E-state index contributed by atoms with van der Waals surface area (Å²) in [4.78, 5) is 11.9. The van der Waals surface area contributed by atoms with Crippen LogP contribution in [0.4, 0.5) is 0 Å². The van der Waals surface area contributed by atoms with Crippen LogP contribution in [0.15, 0.2) is 0 Å². The fourth-order valence-electron chi connectivity index (χ4n) is 2.19. The SMILES string of the molecule is CC(CN)CC(=O)C1CCCCCC1. The topological polar surface area (TPSA) is 43.1 Å². The van der Waals surface area contributed by atoms with Gasteiger partial charge < -0.3 is 5.73 Å². The highest BCUT2D eigenvalue weighted by Crippen LogP contribution is 2.25. The Morgan fingerprint density at radius 2 is 1.86 bits per heavy atom. The first-order chi connectivity index (χ1) is 6.74. The van der Waals surface area contributed by atoms with Gasteiger partial charge in [0.25, 0.3) is 0 Å². The summed E-state index contributed by atoms with van der Waals surface area (Å²) < 4.78 is 0. The van der Waals surface area contributed by atoms with Crippen LogP contribution >= 0.6 is 0 Å². The molecule has 2 heteroatoms. The van der Waals surface area contributed by atoms with Gasteiger partial charge in [-0.2, -0.15) is 0 Å². The Morgan fingerprint density at radius 3 is 2.36 bits per heavy atom. The Labute approximate surface area is 87.2 Å². The number of rotatable bonds is 4. The molecule has 0 aliphatic heterocycles. The highest BCUT2D eigenvalue weighted by molar-refractivity contribution is 5.81. The molecule has 1 unspecified atom stereocenters. The minimum absolute atomic E-state index is 0.353. The zero-order valence-corrected chi connectivity index (χ0v) is 9.30. The average Bonchev–Trinajstić information content (AvgIpc) is 2.45. The van der Waals surface area contributed by atoms with Crippen LogP contribution in [0, 0.1) is 11.8 Å². The van der Waals surface area contributed by atoms with Crippen molar-refractivity contribution in [2.24, 2.45) is 17.6 Å². The van der Waals surface area contributed by atoms with E-state index >= 15 is 0 Å². The molecule has 0 amide bonds. The van der Waals surface area contributed by atoms with Crippen LogP contribution in [0.25, 0.3) is 0 Å². The minimum atomic E-state index is 0.353. The molecule has 0 heterocycles. The molecule has 2 nitrogen and oxygen atoms in total. The average molecular weight is 197 g/mol. The summed E-state index contributed by atoms with van der Waals surface area (Å²) in [6.45, 7) is 2.70. The molecule has 1 rings (SSSR count). The molecule has 14 heavy (non-hydrogen) atoms. The largest absolute Gasteiger partial charge is 0.330 e. The summed E-state index contributed by atoms with van der Waals surface area (Å²) in [5.41, 5.74) is 5.53. The van der Waals surface area contributed by atoms with E-state index in [0.717, 1.165) is 12.8 Å². The molecule has 1 fully saturated rings. The first-order valence-corrected chi connectivity index (χ1v) is 5.96. The maximum absolute atomic E-state index is 11.9. The first kappa shape index (κ1) is 11.7. The molecule has 1 saturated carbocycles. The molecular weight excluding hydrogens is 174 g/mol. The zero-order chi connectivity index (χ0) is 10.4. The van der Waals surface area contributed by atoms with E-state index in [2.05, 4.69) is 6.92 Å². The van der Waals surface area contributed by atoms with Gasteiger partial charge in [0.15, 0.2) is 0 Å². The van der Waals surface area contributed by atoms with Gasteiger partial charge in [-0.25, -0.2) is 0 Å². The fraction of sp³-hybridized carbons (Fsp3) is 0.917. The Hall–Kier alpha value is -0.370. The lowest BCUT2D eigenvalue weighted by Crippen LogP contribution is -2.20. The summed E-state index contributed by atoms with van der Waals surface area (Å²) in [6.07, 6.45) is 8.06. The van der Waals surface area contributed by atoms with Gasteiger partial charge in [-0.3, -0.25) is 4.79 Å². The predicted octanol–water partition coefficient (Wildman–Crippen LogP) is 2.51. The third kappa shape index (κ3) is 3.79.